The summed E-state index contributed by atoms with van der Waals surface area (Å²) in [5.74, 6) is -0.0296. The molecule has 2 aromatic carbocycles. The van der Waals surface area contributed by atoms with E-state index in [1.807, 2.05) is 29.2 Å². The fourth-order valence-corrected chi connectivity index (χ4v) is 5.86. The van der Waals surface area contributed by atoms with E-state index in [2.05, 4.69) is 29.6 Å². The van der Waals surface area contributed by atoms with Crippen molar-refractivity contribution in [3.63, 3.8) is 0 Å². The van der Waals surface area contributed by atoms with Crippen molar-refractivity contribution in [2.45, 2.75) is 50.5 Å². The van der Waals surface area contributed by atoms with E-state index in [1.54, 1.807) is 0 Å². The summed E-state index contributed by atoms with van der Waals surface area (Å²) < 4.78 is 5.67. The maximum atomic E-state index is 12.6. The molecule has 7 heteroatoms. The van der Waals surface area contributed by atoms with Gasteiger partial charge in [0.25, 0.3) is 0 Å². The standard InChI is InChI=1S/C28H32N2O5/c31-26(30-15-19(16-30)10-12-27(32)33)14-18-9-11-20(13-18)29-28(34)35-17-25-23-7-3-1-5-21(23)22-6-2-4-8-24(22)25/h1-8,18-20,25H,9-17H2,(H,29,34)(H,32,33). The van der Waals surface area contributed by atoms with Crippen LogP contribution in [0.5, 0.6) is 0 Å². The normalized spacial score (nSPS) is 21.2. The van der Waals surface area contributed by atoms with Gasteiger partial charge >= 0.3 is 12.1 Å². The van der Waals surface area contributed by atoms with Gasteiger partial charge < -0.3 is 20.1 Å². The first kappa shape index (κ1) is 23.4. The molecule has 1 saturated carbocycles. The SMILES string of the molecule is O=C(O)CCC1CN(C(=O)CC2CCC(NC(=O)OCC3c4ccccc4-c4ccccc43)C2)C1. The lowest BCUT2D eigenvalue weighted by atomic mass is 9.93. The van der Waals surface area contributed by atoms with Crippen LogP contribution in [0.2, 0.25) is 0 Å². The molecule has 2 aliphatic carbocycles. The van der Waals surface area contributed by atoms with Crippen LogP contribution in [0.15, 0.2) is 48.5 Å². The molecule has 3 aliphatic rings. The maximum absolute atomic E-state index is 12.6. The van der Waals surface area contributed by atoms with Crippen LogP contribution in [0.3, 0.4) is 0 Å². The van der Waals surface area contributed by atoms with Gasteiger partial charge in [0.05, 0.1) is 0 Å². The second-order valence-electron chi connectivity index (χ2n) is 10.1. The third-order valence-electron chi connectivity index (χ3n) is 7.75. The molecule has 2 unspecified atom stereocenters. The highest BCUT2D eigenvalue weighted by Crippen LogP contribution is 2.44. The first-order valence-electron chi connectivity index (χ1n) is 12.6. The van der Waals surface area contributed by atoms with E-state index >= 15 is 0 Å². The van der Waals surface area contributed by atoms with Crippen molar-refractivity contribution in [3.8, 4) is 11.1 Å². The Morgan fingerprint density at radius 3 is 2.26 bits per heavy atom. The van der Waals surface area contributed by atoms with Crippen LogP contribution < -0.4 is 5.32 Å². The zero-order valence-electron chi connectivity index (χ0n) is 19.8. The lowest BCUT2D eigenvalue weighted by molar-refractivity contribution is -0.140. The van der Waals surface area contributed by atoms with Gasteiger partial charge in [0, 0.05) is 37.9 Å². The van der Waals surface area contributed by atoms with Gasteiger partial charge in [-0.05, 0) is 59.8 Å². The number of hydrogen-bond donors (Lipinski definition) is 2. The predicted molar refractivity (Wildman–Crippen MR) is 131 cm³/mol. The molecular weight excluding hydrogens is 444 g/mol. The average molecular weight is 477 g/mol. The number of alkyl carbamates (subject to hydrolysis) is 1. The molecular formula is C28H32N2O5. The Morgan fingerprint density at radius 2 is 1.60 bits per heavy atom. The number of benzene rings is 2. The quantitative estimate of drug-likeness (QED) is 0.589. The molecule has 2 amide bonds. The fourth-order valence-electron chi connectivity index (χ4n) is 5.86. The van der Waals surface area contributed by atoms with Crippen LogP contribution in [0.25, 0.3) is 11.1 Å². The summed E-state index contributed by atoms with van der Waals surface area (Å²) in [5.41, 5.74) is 4.79. The zero-order valence-corrected chi connectivity index (χ0v) is 19.8. The molecule has 0 radical (unpaired) electrons. The van der Waals surface area contributed by atoms with Crippen LogP contribution in [-0.4, -0.2) is 53.7 Å². The number of likely N-dealkylation sites (tertiary alicyclic amines) is 1. The molecule has 2 aromatic rings. The van der Waals surface area contributed by atoms with Crippen LogP contribution in [0.1, 0.15) is 55.6 Å². The van der Waals surface area contributed by atoms with Gasteiger partial charge in [-0.3, -0.25) is 9.59 Å². The number of aliphatic carboxylic acids is 1. The highest BCUT2D eigenvalue weighted by molar-refractivity contribution is 5.79. The Kier molecular flexibility index (Phi) is 6.75. The van der Waals surface area contributed by atoms with E-state index in [4.69, 9.17) is 9.84 Å². The lowest BCUT2D eigenvalue weighted by Gasteiger charge is -2.39. The van der Waals surface area contributed by atoms with Gasteiger partial charge in [0.1, 0.15) is 6.61 Å². The number of carboxylic acid groups (broad SMARTS) is 1. The first-order valence-corrected chi connectivity index (χ1v) is 12.6. The van der Waals surface area contributed by atoms with Crippen molar-refractivity contribution in [1.29, 1.82) is 0 Å². The number of carboxylic acids is 1. The Bertz CT molecular complexity index is 1060. The third kappa shape index (κ3) is 5.19. The minimum Gasteiger partial charge on any atom is -0.481 e. The molecule has 2 fully saturated rings. The monoisotopic (exact) mass is 476 g/mol. The van der Waals surface area contributed by atoms with E-state index < -0.39 is 12.1 Å². The number of amides is 2. The fraction of sp³-hybridized carbons (Fsp3) is 0.464. The lowest BCUT2D eigenvalue weighted by Crippen LogP contribution is -2.50. The average Bonchev–Trinajstić information content (AvgIpc) is 3.38. The number of carbonyl (C=O) groups excluding carboxylic acids is 2. The molecule has 184 valence electrons. The van der Waals surface area contributed by atoms with Crippen LogP contribution in [0.4, 0.5) is 4.79 Å². The maximum Gasteiger partial charge on any atom is 0.407 e. The molecule has 2 N–H and O–H groups in total. The van der Waals surface area contributed by atoms with Gasteiger partial charge in [-0.1, -0.05) is 48.5 Å². The number of hydrogen-bond acceptors (Lipinski definition) is 4. The van der Waals surface area contributed by atoms with E-state index in [1.165, 1.54) is 22.3 Å². The van der Waals surface area contributed by atoms with E-state index in [-0.39, 0.29) is 30.2 Å². The van der Waals surface area contributed by atoms with Crippen molar-refractivity contribution in [2.24, 2.45) is 11.8 Å². The number of carbonyl (C=O) groups is 3. The minimum absolute atomic E-state index is 0.0307. The Hall–Kier alpha value is -3.35. The molecule has 0 spiro atoms. The van der Waals surface area contributed by atoms with Crippen molar-refractivity contribution in [2.75, 3.05) is 19.7 Å². The van der Waals surface area contributed by atoms with E-state index in [0.29, 0.717) is 38.5 Å². The van der Waals surface area contributed by atoms with Gasteiger partial charge in [-0.2, -0.15) is 0 Å². The van der Waals surface area contributed by atoms with Gasteiger partial charge in [0.15, 0.2) is 0 Å². The van der Waals surface area contributed by atoms with Gasteiger partial charge in [-0.15, -0.1) is 0 Å². The molecule has 5 rings (SSSR count). The number of nitrogens with one attached hydrogen (secondary N) is 1. The van der Waals surface area contributed by atoms with E-state index in [0.717, 1.165) is 19.3 Å². The first-order chi connectivity index (χ1) is 17.0. The Labute approximate surface area is 205 Å². The van der Waals surface area contributed by atoms with Gasteiger partial charge in [-0.25, -0.2) is 4.79 Å². The number of ether oxygens (including phenoxy) is 1. The molecule has 0 bridgehead atoms. The van der Waals surface area contributed by atoms with Gasteiger partial charge in [0.2, 0.25) is 5.91 Å². The minimum atomic E-state index is -0.782. The van der Waals surface area contributed by atoms with Crippen molar-refractivity contribution in [3.05, 3.63) is 59.7 Å². The molecule has 1 heterocycles. The zero-order chi connectivity index (χ0) is 24.4. The molecule has 2 atom stereocenters. The third-order valence-corrected chi connectivity index (χ3v) is 7.75. The Morgan fingerprint density at radius 1 is 0.943 bits per heavy atom. The number of nitrogens with zero attached hydrogens (tertiary/aromatic N) is 1. The molecule has 0 aromatic heterocycles. The second kappa shape index (κ2) is 10.1. The summed E-state index contributed by atoms with van der Waals surface area (Å²) in [6, 6.07) is 16.6. The Balaban J connectivity index is 1.05. The van der Waals surface area contributed by atoms with Crippen molar-refractivity contribution < 1.29 is 24.2 Å². The van der Waals surface area contributed by atoms with Crippen LogP contribution in [-0.2, 0) is 14.3 Å². The summed E-state index contributed by atoms with van der Waals surface area (Å²) in [6.07, 6.45) is 3.45. The summed E-state index contributed by atoms with van der Waals surface area (Å²) in [4.78, 5) is 37.6. The van der Waals surface area contributed by atoms with Crippen molar-refractivity contribution in [1.82, 2.24) is 10.2 Å². The number of fused-ring (bicyclic) bond motifs is 3. The smallest absolute Gasteiger partial charge is 0.407 e. The van der Waals surface area contributed by atoms with Crippen LogP contribution >= 0.6 is 0 Å². The second-order valence-corrected chi connectivity index (χ2v) is 10.1. The highest BCUT2D eigenvalue weighted by atomic mass is 16.5. The van der Waals surface area contributed by atoms with Crippen LogP contribution in [0, 0.1) is 11.8 Å². The molecule has 7 nitrogen and oxygen atoms in total. The topological polar surface area (TPSA) is 95.9 Å². The largest absolute Gasteiger partial charge is 0.481 e. The molecule has 35 heavy (non-hydrogen) atoms. The summed E-state index contributed by atoms with van der Waals surface area (Å²) >= 11 is 0. The van der Waals surface area contributed by atoms with Crippen molar-refractivity contribution >= 4 is 18.0 Å². The summed E-state index contributed by atoms with van der Waals surface area (Å²) in [7, 11) is 0. The number of rotatable bonds is 8. The highest BCUT2D eigenvalue weighted by Gasteiger charge is 2.34. The molecule has 1 aliphatic heterocycles. The molecule has 1 saturated heterocycles. The summed E-state index contributed by atoms with van der Waals surface area (Å²) in [5, 5.41) is 11.8. The summed E-state index contributed by atoms with van der Waals surface area (Å²) in [6.45, 7) is 1.63. The van der Waals surface area contributed by atoms with E-state index in [9.17, 15) is 14.4 Å². The predicted octanol–water partition coefficient (Wildman–Crippen LogP) is 4.41.